The molecule has 0 fully saturated rings. The van der Waals surface area contributed by atoms with Crippen molar-refractivity contribution in [1.82, 2.24) is 0 Å². The Labute approximate surface area is 135 Å². The van der Waals surface area contributed by atoms with Crippen LogP contribution < -0.4 is 10.0 Å². The molecule has 0 heterocycles. The Bertz CT molecular complexity index is 785. The summed E-state index contributed by atoms with van der Waals surface area (Å²) in [5.41, 5.74) is 5.58. The number of hydrogen-bond donors (Lipinski definition) is 1. The van der Waals surface area contributed by atoms with Crippen LogP contribution in [0.25, 0.3) is 0 Å². The number of hydrogen-bond acceptors (Lipinski definition) is 3. The predicted octanol–water partition coefficient (Wildman–Crippen LogP) is 3.65. The van der Waals surface area contributed by atoms with E-state index in [1.165, 1.54) is 7.05 Å². The van der Waals surface area contributed by atoms with Gasteiger partial charge in [0.1, 0.15) is 4.90 Å². The van der Waals surface area contributed by atoms with E-state index in [1.54, 1.807) is 30.3 Å². The molecule has 2 aromatic carbocycles. The van der Waals surface area contributed by atoms with E-state index in [0.717, 1.165) is 10.4 Å². The second kappa shape index (κ2) is 5.82. The fraction of sp³-hybridized carbons (Fsp3) is 0.0769. The summed E-state index contributed by atoms with van der Waals surface area (Å²) in [5, 5.41) is 0.0222. The van der Waals surface area contributed by atoms with Crippen LogP contribution in [0, 0.1) is 5.82 Å². The normalized spacial score (nSPS) is 11.4. The van der Waals surface area contributed by atoms with Crippen molar-refractivity contribution in [1.29, 1.82) is 0 Å². The molecule has 0 bridgehead atoms. The SMILES string of the molecule is CN(c1ccccc1)S(=O)(=O)c1cc(Cl)c(Br)c(N)c1F. The molecule has 8 heteroatoms. The maximum atomic E-state index is 14.2. The van der Waals surface area contributed by atoms with Crippen molar-refractivity contribution in [3.05, 3.63) is 51.7 Å². The molecule has 0 unspecified atom stereocenters. The van der Waals surface area contributed by atoms with Gasteiger partial charge in [0.25, 0.3) is 10.0 Å². The summed E-state index contributed by atoms with van der Waals surface area (Å²) in [4.78, 5) is -0.570. The van der Waals surface area contributed by atoms with Gasteiger partial charge in [-0.25, -0.2) is 12.8 Å². The van der Waals surface area contributed by atoms with Gasteiger partial charge in [-0.1, -0.05) is 29.8 Å². The van der Waals surface area contributed by atoms with Crippen molar-refractivity contribution in [2.24, 2.45) is 0 Å². The van der Waals surface area contributed by atoms with Crippen molar-refractivity contribution in [3.63, 3.8) is 0 Å². The lowest BCUT2D eigenvalue weighted by Gasteiger charge is -2.20. The molecule has 2 aromatic rings. The third-order valence-electron chi connectivity index (χ3n) is 2.92. The van der Waals surface area contributed by atoms with Gasteiger partial charge in [0, 0.05) is 7.05 Å². The van der Waals surface area contributed by atoms with E-state index in [1.807, 2.05) is 0 Å². The van der Waals surface area contributed by atoms with Gasteiger partial charge in [0.15, 0.2) is 5.82 Å². The summed E-state index contributed by atoms with van der Waals surface area (Å²) < 4.78 is 40.3. The number of nitrogens with zero attached hydrogens (tertiary/aromatic N) is 1. The van der Waals surface area contributed by atoms with Gasteiger partial charge in [-0.3, -0.25) is 4.31 Å². The Morgan fingerprint density at radius 2 is 1.86 bits per heavy atom. The highest BCUT2D eigenvalue weighted by atomic mass is 79.9. The average molecular weight is 394 g/mol. The number of nitrogens with two attached hydrogens (primary N) is 1. The molecule has 21 heavy (non-hydrogen) atoms. The Kier molecular flexibility index (Phi) is 4.46. The molecule has 0 aliphatic carbocycles. The number of para-hydroxylation sites is 1. The summed E-state index contributed by atoms with van der Waals surface area (Å²) in [7, 11) is -2.78. The number of rotatable bonds is 3. The largest absolute Gasteiger partial charge is 0.395 e. The molecule has 0 spiro atoms. The van der Waals surface area contributed by atoms with E-state index in [9.17, 15) is 12.8 Å². The van der Waals surface area contributed by atoms with E-state index in [4.69, 9.17) is 17.3 Å². The van der Waals surface area contributed by atoms with Gasteiger partial charge >= 0.3 is 0 Å². The molecule has 0 aliphatic heterocycles. The maximum Gasteiger partial charge on any atom is 0.267 e. The molecule has 112 valence electrons. The van der Waals surface area contributed by atoms with Gasteiger partial charge < -0.3 is 5.73 Å². The van der Waals surface area contributed by atoms with Crippen LogP contribution in [0.3, 0.4) is 0 Å². The van der Waals surface area contributed by atoms with Crippen LogP contribution >= 0.6 is 27.5 Å². The minimum atomic E-state index is -4.11. The number of sulfonamides is 1. The highest BCUT2D eigenvalue weighted by molar-refractivity contribution is 9.10. The minimum Gasteiger partial charge on any atom is -0.395 e. The topological polar surface area (TPSA) is 63.4 Å². The van der Waals surface area contributed by atoms with Crippen LogP contribution in [0.2, 0.25) is 5.02 Å². The van der Waals surface area contributed by atoms with Gasteiger partial charge in [-0.2, -0.15) is 0 Å². The molecule has 0 saturated heterocycles. The summed E-state index contributed by atoms with van der Waals surface area (Å²) in [6.45, 7) is 0. The Morgan fingerprint density at radius 1 is 1.29 bits per heavy atom. The smallest absolute Gasteiger partial charge is 0.267 e. The van der Waals surface area contributed by atoms with E-state index < -0.39 is 20.7 Å². The summed E-state index contributed by atoms with van der Waals surface area (Å²) in [6, 6.07) is 9.34. The molecule has 0 aromatic heterocycles. The standard InChI is InChI=1S/C13H11BrClFN2O2S/c1-18(8-5-3-2-4-6-8)21(19,20)10-7-9(15)11(14)13(17)12(10)16/h2-7H,17H2,1H3. The zero-order valence-corrected chi connectivity index (χ0v) is 14.0. The quantitative estimate of drug-likeness (QED) is 0.639. The van der Waals surface area contributed by atoms with Gasteiger partial charge in [0.05, 0.1) is 20.9 Å². The molecular formula is C13H11BrClFN2O2S. The molecular weight excluding hydrogens is 383 g/mol. The first-order valence-corrected chi connectivity index (χ1v) is 8.35. The Morgan fingerprint density at radius 3 is 2.43 bits per heavy atom. The van der Waals surface area contributed by atoms with Crippen molar-refractivity contribution in [2.75, 3.05) is 17.1 Å². The van der Waals surface area contributed by atoms with Gasteiger partial charge in [-0.15, -0.1) is 0 Å². The van der Waals surface area contributed by atoms with Crippen LogP contribution in [0.5, 0.6) is 0 Å². The highest BCUT2D eigenvalue weighted by Gasteiger charge is 2.28. The molecule has 2 rings (SSSR count). The molecule has 2 N–H and O–H groups in total. The van der Waals surface area contributed by atoms with E-state index >= 15 is 0 Å². The average Bonchev–Trinajstić information content (AvgIpc) is 2.48. The molecule has 0 radical (unpaired) electrons. The van der Waals surface area contributed by atoms with Crippen LogP contribution in [0.4, 0.5) is 15.8 Å². The lowest BCUT2D eigenvalue weighted by atomic mass is 10.3. The second-order valence-electron chi connectivity index (χ2n) is 4.21. The monoisotopic (exact) mass is 392 g/mol. The zero-order valence-electron chi connectivity index (χ0n) is 10.8. The van der Waals surface area contributed by atoms with Crippen molar-refractivity contribution >= 4 is 48.9 Å². The van der Waals surface area contributed by atoms with Crippen molar-refractivity contribution in [3.8, 4) is 0 Å². The van der Waals surface area contributed by atoms with Crippen LogP contribution in [0.15, 0.2) is 45.8 Å². The number of nitrogen functional groups attached to an aromatic ring is 1. The minimum absolute atomic E-state index is 0.0222. The Hall–Kier alpha value is -1.31. The fourth-order valence-corrected chi connectivity index (χ4v) is 3.57. The second-order valence-corrected chi connectivity index (χ2v) is 7.34. The third-order valence-corrected chi connectivity index (χ3v) is 6.08. The molecule has 4 nitrogen and oxygen atoms in total. The number of halogens is 3. The first-order valence-electron chi connectivity index (χ1n) is 5.73. The first-order chi connectivity index (χ1) is 9.76. The van der Waals surface area contributed by atoms with Gasteiger partial charge in [-0.05, 0) is 34.1 Å². The number of anilines is 2. The summed E-state index contributed by atoms with van der Waals surface area (Å²) in [6.07, 6.45) is 0. The Balaban J connectivity index is 2.61. The van der Waals surface area contributed by atoms with E-state index in [2.05, 4.69) is 15.9 Å². The highest BCUT2D eigenvalue weighted by Crippen LogP contribution is 2.36. The fourth-order valence-electron chi connectivity index (χ4n) is 1.71. The zero-order chi connectivity index (χ0) is 15.8. The van der Waals surface area contributed by atoms with E-state index in [0.29, 0.717) is 5.69 Å². The molecule has 0 aliphatic rings. The van der Waals surface area contributed by atoms with Gasteiger partial charge in [0.2, 0.25) is 0 Å². The van der Waals surface area contributed by atoms with Crippen LogP contribution in [-0.4, -0.2) is 15.5 Å². The van der Waals surface area contributed by atoms with Crippen molar-refractivity contribution < 1.29 is 12.8 Å². The number of benzene rings is 2. The van der Waals surface area contributed by atoms with Crippen LogP contribution in [0.1, 0.15) is 0 Å². The molecule has 0 atom stereocenters. The maximum absolute atomic E-state index is 14.2. The predicted molar refractivity (Wildman–Crippen MR) is 85.6 cm³/mol. The molecule has 0 amide bonds. The lowest BCUT2D eigenvalue weighted by Crippen LogP contribution is -2.27. The van der Waals surface area contributed by atoms with E-state index in [-0.39, 0.29) is 15.2 Å². The first kappa shape index (κ1) is 16.1. The summed E-state index contributed by atoms with van der Waals surface area (Å²) in [5.74, 6) is -1.03. The van der Waals surface area contributed by atoms with Crippen LogP contribution in [-0.2, 0) is 10.0 Å². The summed E-state index contributed by atoms with van der Waals surface area (Å²) >= 11 is 8.88. The lowest BCUT2D eigenvalue weighted by molar-refractivity contribution is 0.567. The third kappa shape index (κ3) is 2.86. The molecule has 0 saturated carbocycles. The van der Waals surface area contributed by atoms with Crippen molar-refractivity contribution in [2.45, 2.75) is 4.90 Å².